The standard InChI is InChI=1S/C16H22ClN3/c1-11(2)8-18-9-14-10-19-20(13(14)4)16-7-5-6-15(17)12(16)3/h5-7,10-11,18H,8-9H2,1-4H3. The molecule has 0 amide bonds. The van der Waals surface area contributed by atoms with Crippen molar-refractivity contribution < 1.29 is 0 Å². The van der Waals surface area contributed by atoms with Crippen LogP contribution in [-0.4, -0.2) is 16.3 Å². The van der Waals surface area contributed by atoms with Gasteiger partial charge in [-0.3, -0.25) is 0 Å². The van der Waals surface area contributed by atoms with E-state index in [1.165, 1.54) is 5.56 Å². The highest BCUT2D eigenvalue weighted by Gasteiger charge is 2.11. The number of aromatic nitrogens is 2. The molecule has 0 spiro atoms. The van der Waals surface area contributed by atoms with Gasteiger partial charge in [-0.2, -0.15) is 5.10 Å². The van der Waals surface area contributed by atoms with Crippen LogP contribution in [0.25, 0.3) is 5.69 Å². The van der Waals surface area contributed by atoms with E-state index in [0.29, 0.717) is 5.92 Å². The first-order chi connectivity index (χ1) is 9.50. The average molecular weight is 292 g/mol. The largest absolute Gasteiger partial charge is 0.312 e. The summed E-state index contributed by atoms with van der Waals surface area (Å²) >= 11 is 6.19. The molecule has 2 rings (SSSR count). The van der Waals surface area contributed by atoms with Crippen molar-refractivity contribution in [1.82, 2.24) is 15.1 Å². The fraction of sp³-hybridized carbons (Fsp3) is 0.438. The third kappa shape index (κ3) is 3.22. The third-order valence-electron chi connectivity index (χ3n) is 3.45. The lowest BCUT2D eigenvalue weighted by atomic mass is 10.2. The highest BCUT2D eigenvalue weighted by molar-refractivity contribution is 6.31. The topological polar surface area (TPSA) is 29.9 Å². The Balaban J connectivity index is 2.22. The Morgan fingerprint density at radius 1 is 1.30 bits per heavy atom. The van der Waals surface area contributed by atoms with Gasteiger partial charge in [0.2, 0.25) is 0 Å². The van der Waals surface area contributed by atoms with Crippen molar-refractivity contribution >= 4 is 11.6 Å². The Hall–Kier alpha value is -1.32. The molecule has 1 heterocycles. The second-order valence-electron chi connectivity index (χ2n) is 5.58. The lowest BCUT2D eigenvalue weighted by molar-refractivity contribution is 0.551. The van der Waals surface area contributed by atoms with Crippen LogP contribution in [0.4, 0.5) is 0 Å². The predicted molar refractivity (Wildman–Crippen MR) is 84.6 cm³/mol. The second-order valence-corrected chi connectivity index (χ2v) is 5.98. The molecule has 0 aliphatic heterocycles. The highest BCUT2D eigenvalue weighted by atomic mass is 35.5. The summed E-state index contributed by atoms with van der Waals surface area (Å²) < 4.78 is 1.97. The molecule has 0 unspecified atom stereocenters. The normalized spacial score (nSPS) is 11.3. The van der Waals surface area contributed by atoms with Crippen molar-refractivity contribution in [3.8, 4) is 5.69 Å². The van der Waals surface area contributed by atoms with Gasteiger partial charge in [-0.1, -0.05) is 31.5 Å². The molecular weight excluding hydrogens is 270 g/mol. The molecule has 0 aliphatic carbocycles. The maximum absolute atomic E-state index is 6.19. The molecule has 0 saturated carbocycles. The van der Waals surface area contributed by atoms with E-state index in [1.54, 1.807) is 0 Å². The molecule has 0 radical (unpaired) electrons. The monoisotopic (exact) mass is 291 g/mol. The van der Waals surface area contributed by atoms with Gasteiger partial charge >= 0.3 is 0 Å². The molecule has 0 atom stereocenters. The first-order valence-corrected chi connectivity index (χ1v) is 7.38. The smallest absolute Gasteiger partial charge is 0.0692 e. The molecule has 0 aliphatic rings. The minimum atomic E-state index is 0.653. The lowest BCUT2D eigenvalue weighted by Crippen LogP contribution is -2.19. The molecule has 1 aromatic carbocycles. The Morgan fingerprint density at radius 3 is 2.75 bits per heavy atom. The number of nitrogens with one attached hydrogen (secondary N) is 1. The zero-order valence-corrected chi connectivity index (χ0v) is 13.3. The molecule has 0 saturated heterocycles. The Morgan fingerprint density at radius 2 is 2.05 bits per heavy atom. The number of hydrogen-bond donors (Lipinski definition) is 1. The zero-order valence-electron chi connectivity index (χ0n) is 12.6. The molecule has 0 fully saturated rings. The summed E-state index contributed by atoms with van der Waals surface area (Å²) in [5.74, 6) is 0.653. The molecule has 0 bridgehead atoms. The van der Waals surface area contributed by atoms with Crippen molar-refractivity contribution in [2.45, 2.75) is 34.2 Å². The number of hydrogen-bond acceptors (Lipinski definition) is 2. The molecule has 1 N–H and O–H groups in total. The number of benzene rings is 1. The van der Waals surface area contributed by atoms with Crippen molar-refractivity contribution in [2.24, 2.45) is 5.92 Å². The number of halogens is 1. The van der Waals surface area contributed by atoms with E-state index in [4.69, 9.17) is 11.6 Å². The van der Waals surface area contributed by atoms with Crippen molar-refractivity contribution in [3.05, 3.63) is 46.2 Å². The van der Waals surface area contributed by atoms with Gasteiger partial charge in [0.25, 0.3) is 0 Å². The first-order valence-electron chi connectivity index (χ1n) is 7.00. The van der Waals surface area contributed by atoms with Crippen molar-refractivity contribution in [2.75, 3.05) is 6.54 Å². The van der Waals surface area contributed by atoms with Crippen LogP contribution in [0, 0.1) is 19.8 Å². The van der Waals surface area contributed by atoms with Crippen molar-refractivity contribution in [1.29, 1.82) is 0 Å². The average Bonchev–Trinajstić information content (AvgIpc) is 2.74. The number of nitrogens with zero attached hydrogens (tertiary/aromatic N) is 2. The van der Waals surface area contributed by atoms with Crippen LogP contribution in [0.1, 0.15) is 30.7 Å². The van der Waals surface area contributed by atoms with Crippen LogP contribution in [0.2, 0.25) is 5.02 Å². The SMILES string of the molecule is Cc1c(Cl)cccc1-n1ncc(CNCC(C)C)c1C. The Labute approximate surface area is 126 Å². The summed E-state index contributed by atoms with van der Waals surface area (Å²) in [5.41, 5.74) is 4.49. The van der Waals surface area contributed by atoms with Crippen LogP contribution >= 0.6 is 11.6 Å². The van der Waals surface area contributed by atoms with Gasteiger partial charge in [0.1, 0.15) is 0 Å². The molecular formula is C16H22ClN3. The van der Waals surface area contributed by atoms with E-state index in [2.05, 4.69) is 31.2 Å². The summed E-state index contributed by atoms with van der Waals surface area (Å²) in [5, 5.41) is 8.73. The van der Waals surface area contributed by atoms with Gasteiger partial charge < -0.3 is 5.32 Å². The van der Waals surface area contributed by atoms with E-state index in [0.717, 1.165) is 35.1 Å². The summed E-state index contributed by atoms with van der Waals surface area (Å²) in [4.78, 5) is 0. The molecule has 2 aromatic rings. The van der Waals surface area contributed by atoms with E-state index in [9.17, 15) is 0 Å². The summed E-state index contributed by atoms with van der Waals surface area (Å²) in [6.45, 7) is 10.4. The number of rotatable bonds is 5. The summed E-state index contributed by atoms with van der Waals surface area (Å²) in [7, 11) is 0. The van der Waals surface area contributed by atoms with E-state index >= 15 is 0 Å². The highest BCUT2D eigenvalue weighted by Crippen LogP contribution is 2.23. The van der Waals surface area contributed by atoms with Crippen LogP contribution in [0.3, 0.4) is 0 Å². The minimum absolute atomic E-state index is 0.653. The van der Waals surface area contributed by atoms with E-state index in [1.807, 2.05) is 36.0 Å². The maximum Gasteiger partial charge on any atom is 0.0692 e. The molecule has 3 nitrogen and oxygen atoms in total. The zero-order chi connectivity index (χ0) is 14.7. The summed E-state index contributed by atoms with van der Waals surface area (Å²) in [6.07, 6.45) is 1.93. The third-order valence-corrected chi connectivity index (χ3v) is 3.86. The predicted octanol–water partition coefficient (Wildman–Crippen LogP) is 3.89. The van der Waals surface area contributed by atoms with Gasteiger partial charge in [0.05, 0.1) is 11.9 Å². The fourth-order valence-corrected chi connectivity index (χ4v) is 2.35. The van der Waals surface area contributed by atoms with E-state index < -0.39 is 0 Å². The van der Waals surface area contributed by atoms with Gasteiger partial charge in [-0.25, -0.2) is 4.68 Å². The van der Waals surface area contributed by atoms with Gasteiger partial charge in [-0.15, -0.1) is 0 Å². The lowest BCUT2D eigenvalue weighted by Gasteiger charge is -2.11. The van der Waals surface area contributed by atoms with Gasteiger partial charge in [-0.05, 0) is 44.0 Å². The Bertz CT molecular complexity index is 587. The first kappa shape index (κ1) is 15.1. The van der Waals surface area contributed by atoms with Crippen LogP contribution in [0.5, 0.6) is 0 Å². The molecule has 20 heavy (non-hydrogen) atoms. The summed E-state index contributed by atoms with van der Waals surface area (Å²) in [6, 6.07) is 5.92. The second kappa shape index (κ2) is 6.42. The quantitative estimate of drug-likeness (QED) is 0.906. The fourth-order valence-electron chi connectivity index (χ4n) is 2.18. The van der Waals surface area contributed by atoms with Crippen LogP contribution in [0.15, 0.2) is 24.4 Å². The van der Waals surface area contributed by atoms with Crippen LogP contribution in [-0.2, 0) is 6.54 Å². The molecule has 108 valence electrons. The van der Waals surface area contributed by atoms with E-state index in [-0.39, 0.29) is 0 Å². The molecule has 1 aromatic heterocycles. The molecule has 4 heteroatoms. The minimum Gasteiger partial charge on any atom is -0.312 e. The maximum atomic E-state index is 6.19. The van der Waals surface area contributed by atoms with Gasteiger partial charge in [0.15, 0.2) is 0 Å². The Kier molecular flexibility index (Phi) is 4.84. The van der Waals surface area contributed by atoms with Crippen molar-refractivity contribution in [3.63, 3.8) is 0 Å². The van der Waals surface area contributed by atoms with Crippen LogP contribution < -0.4 is 5.32 Å². The van der Waals surface area contributed by atoms with Gasteiger partial charge in [0, 0.05) is 22.8 Å².